The molecule has 1 amide bonds. The minimum atomic E-state index is -0.973. The molecule has 0 aliphatic rings. The molecular formula is C12H18N4O. The van der Waals surface area contributed by atoms with Crippen molar-refractivity contribution in [2.24, 2.45) is 5.92 Å². The van der Waals surface area contributed by atoms with Gasteiger partial charge in [0.2, 0.25) is 5.91 Å². The highest BCUT2D eigenvalue weighted by atomic mass is 16.1. The molecular weight excluding hydrogens is 216 g/mol. The van der Waals surface area contributed by atoms with Crippen LogP contribution in [-0.4, -0.2) is 18.0 Å². The lowest BCUT2D eigenvalue weighted by molar-refractivity contribution is -0.123. The SMILES string of the molecule is CC(C)NC(=O)C(C#N)/C(=C/C#N)NC(C)C. The highest BCUT2D eigenvalue weighted by Gasteiger charge is 2.23. The number of nitrogens with one attached hydrogen (secondary N) is 2. The molecule has 0 aliphatic carbocycles. The van der Waals surface area contributed by atoms with E-state index in [0.717, 1.165) is 0 Å². The first-order valence-corrected chi connectivity index (χ1v) is 5.48. The predicted molar refractivity (Wildman–Crippen MR) is 64.3 cm³/mol. The van der Waals surface area contributed by atoms with E-state index >= 15 is 0 Å². The van der Waals surface area contributed by atoms with E-state index in [4.69, 9.17) is 10.5 Å². The summed E-state index contributed by atoms with van der Waals surface area (Å²) in [5.74, 6) is -1.36. The average Bonchev–Trinajstić information content (AvgIpc) is 2.16. The Labute approximate surface area is 102 Å². The molecule has 92 valence electrons. The maximum Gasteiger partial charge on any atom is 0.243 e. The molecule has 5 nitrogen and oxygen atoms in total. The van der Waals surface area contributed by atoms with Gasteiger partial charge in [-0.15, -0.1) is 0 Å². The summed E-state index contributed by atoms with van der Waals surface area (Å²) in [5.41, 5.74) is 0.336. The lowest BCUT2D eigenvalue weighted by Crippen LogP contribution is -2.39. The summed E-state index contributed by atoms with van der Waals surface area (Å²) >= 11 is 0. The van der Waals surface area contributed by atoms with Crippen LogP contribution in [-0.2, 0) is 4.79 Å². The quantitative estimate of drug-likeness (QED) is 0.696. The fraction of sp³-hybridized carbons (Fsp3) is 0.583. The van der Waals surface area contributed by atoms with Crippen molar-refractivity contribution in [3.05, 3.63) is 11.8 Å². The first-order valence-electron chi connectivity index (χ1n) is 5.48. The zero-order valence-electron chi connectivity index (χ0n) is 10.6. The number of amides is 1. The maximum atomic E-state index is 11.8. The average molecular weight is 234 g/mol. The van der Waals surface area contributed by atoms with Crippen molar-refractivity contribution in [2.75, 3.05) is 0 Å². The van der Waals surface area contributed by atoms with Gasteiger partial charge in [0.25, 0.3) is 0 Å². The van der Waals surface area contributed by atoms with Crippen LogP contribution in [0.1, 0.15) is 27.7 Å². The first-order chi connectivity index (χ1) is 7.92. The number of carbonyl (C=O) groups excluding carboxylic acids is 1. The van der Waals surface area contributed by atoms with E-state index in [-0.39, 0.29) is 12.1 Å². The third-order valence-corrected chi connectivity index (χ3v) is 1.81. The molecule has 5 heteroatoms. The van der Waals surface area contributed by atoms with Gasteiger partial charge in [-0.3, -0.25) is 4.79 Å². The lowest BCUT2D eigenvalue weighted by atomic mass is 10.0. The molecule has 0 saturated carbocycles. The molecule has 0 rings (SSSR count). The summed E-state index contributed by atoms with van der Waals surface area (Å²) in [4.78, 5) is 11.8. The normalized spacial score (nSPS) is 12.8. The second kappa shape index (κ2) is 7.29. The lowest BCUT2D eigenvalue weighted by Gasteiger charge is -2.18. The van der Waals surface area contributed by atoms with Gasteiger partial charge in [0.15, 0.2) is 5.92 Å². The zero-order valence-corrected chi connectivity index (χ0v) is 10.6. The molecule has 0 fully saturated rings. The molecule has 1 atom stereocenters. The smallest absolute Gasteiger partial charge is 0.243 e. The summed E-state index contributed by atoms with van der Waals surface area (Å²) in [6, 6.07) is 3.76. The predicted octanol–water partition coefficient (Wildman–Crippen LogP) is 1.06. The summed E-state index contributed by atoms with van der Waals surface area (Å²) in [7, 11) is 0. The summed E-state index contributed by atoms with van der Waals surface area (Å²) in [6.45, 7) is 7.38. The number of hydrogen-bond donors (Lipinski definition) is 2. The number of allylic oxidation sites excluding steroid dienone is 1. The van der Waals surface area contributed by atoms with Crippen molar-refractivity contribution in [3.63, 3.8) is 0 Å². The van der Waals surface area contributed by atoms with Crippen LogP contribution in [0.4, 0.5) is 0 Å². The Bertz CT molecular complexity index is 371. The van der Waals surface area contributed by atoms with Gasteiger partial charge >= 0.3 is 0 Å². The van der Waals surface area contributed by atoms with Crippen LogP contribution in [0.15, 0.2) is 11.8 Å². The molecule has 0 aliphatic heterocycles. The highest BCUT2D eigenvalue weighted by molar-refractivity contribution is 5.84. The minimum absolute atomic E-state index is 0.0410. The monoisotopic (exact) mass is 234 g/mol. The molecule has 17 heavy (non-hydrogen) atoms. The molecule has 0 bridgehead atoms. The molecule has 0 saturated heterocycles. The molecule has 1 unspecified atom stereocenters. The summed E-state index contributed by atoms with van der Waals surface area (Å²) in [6.07, 6.45) is 1.20. The molecule has 0 spiro atoms. The fourth-order valence-electron chi connectivity index (χ4n) is 1.25. The second-order valence-electron chi connectivity index (χ2n) is 4.25. The van der Waals surface area contributed by atoms with E-state index in [1.165, 1.54) is 6.08 Å². The van der Waals surface area contributed by atoms with E-state index in [9.17, 15) is 4.79 Å². The van der Waals surface area contributed by atoms with Gasteiger partial charge in [0.05, 0.1) is 12.1 Å². The van der Waals surface area contributed by atoms with Crippen LogP contribution < -0.4 is 10.6 Å². The molecule has 0 radical (unpaired) electrons. The maximum absolute atomic E-state index is 11.8. The highest BCUT2D eigenvalue weighted by Crippen LogP contribution is 2.09. The number of hydrogen-bond acceptors (Lipinski definition) is 4. The van der Waals surface area contributed by atoms with Gasteiger partial charge in [-0.05, 0) is 27.7 Å². The van der Waals surface area contributed by atoms with E-state index in [1.54, 1.807) is 0 Å². The van der Waals surface area contributed by atoms with Gasteiger partial charge in [-0.1, -0.05) is 0 Å². The Balaban J connectivity index is 4.95. The standard InChI is InChI=1S/C12H18N4O/c1-8(2)15-11(5-6-13)10(7-14)12(17)16-9(3)4/h5,8-10,15H,1-4H3,(H,16,17)/b11-5-. The van der Waals surface area contributed by atoms with Crippen LogP contribution in [0.5, 0.6) is 0 Å². The van der Waals surface area contributed by atoms with Crippen molar-refractivity contribution in [1.82, 2.24) is 10.6 Å². The van der Waals surface area contributed by atoms with Crippen LogP contribution in [0.25, 0.3) is 0 Å². The molecule has 2 N–H and O–H groups in total. The summed E-state index contributed by atoms with van der Waals surface area (Å²) < 4.78 is 0. The third kappa shape index (κ3) is 5.58. The van der Waals surface area contributed by atoms with E-state index in [2.05, 4.69) is 10.6 Å². The molecule has 0 aromatic heterocycles. The molecule has 0 aromatic rings. The van der Waals surface area contributed by atoms with Crippen LogP contribution in [0, 0.1) is 28.6 Å². The van der Waals surface area contributed by atoms with E-state index in [1.807, 2.05) is 39.8 Å². The van der Waals surface area contributed by atoms with Gasteiger partial charge in [-0.25, -0.2) is 0 Å². The van der Waals surface area contributed by atoms with Gasteiger partial charge in [-0.2, -0.15) is 10.5 Å². The Morgan fingerprint density at radius 1 is 1.12 bits per heavy atom. The van der Waals surface area contributed by atoms with Crippen LogP contribution >= 0.6 is 0 Å². The fourth-order valence-corrected chi connectivity index (χ4v) is 1.25. The van der Waals surface area contributed by atoms with E-state index in [0.29, 0.717) is 5.70 Å². The minimum Gasteiger partial charge on any atom is -0.384 e. The Hall–Kier alpha value is -2.01. The van der Waals surface area contributed by atoms with Crippen molar-refractivity contribution < 1.29 is 4.79 Å². The molecule has 0 aromatic carbocycles. The Kier molecular flexibility index (Phi) is 6.43. The van der Waals surface area contributed by atoms with Crippen molar-refractivity contribution >= 4 is 5.91 Å². The zero-order chi connectivity index (χ0) is 13.4. The number of nitrogens with zero attached hydrogens (tertiary/aromatic N) is 2. The van der Waals surface area contributed by atoms with Gasteiger partial charge in [0, 0.05) is 23.9 Å². The summed E-state index contributed by atoms with van der Waals surface area (Å²) in [5, 5.41) is 23.3. The Morgan fingerprint density at radius 3 is 2.00 bits per heavy atom. The Morgan fingerprint density at radius 2 is 1.65 bits per heavy atom. The first kappa shape index (κ1) is 15.0. The van der Waals surface area contributed by atoms with Gasteiger partial charge < -0.3 is 10.6 Å². The number of nitriles is 2. The second-order valence-corrected chi connectivity index (χ2v) is 4.25. The third-order valence-electron chi connectivity index (χ3n) is 1.81. The van der Waals surface area contributed by atoms with Crippen molar-refractivity contribution in [3.8, 4) is 12.1 Å². The van der Waals surface area contributed by atoms with Crippen LogP contribution in [0.3, 0.4) is 0 Å². The van der Waals surface area contributed by atoms with E-state index < -0.39 is 11.8 Å². The topological polar surface area (TPSA) is 88.7 Å². The number of carbonyl (C=O) groups is 1. The van der Waals surface area contributed by atoms with Crippen molar-refractivity contribution in [2.45, 2.75) is 39.8 Å². The molecule has 0 heterocycles. The van der Waals surface area contributed by atoms with Gasteiger partial charge in [0.1, 0.15) is 0 Å². The van der Waals surface area contributed by atoms with Crippen molar-refractivity contribution in [1.29, 1.82) is 10.5 Å². The number of rotatable bonds is 5. The van der Waals surface area contributed by atoms with Crippen LogP contribution in [0.2, 0.25) is 0 Å². The largest absolute Gasteiger partial charge is 0.384 e.